The van der Waals surface area contributed by atoms with E-state index in [0.29, 0.717) is 21.9 Å². The fraction of sp³-hybridized carbons (Fsp3) is 0.0500. The number of hydrogen-bond acceptors (Lipinski definition) is 4. The van der Waals surface area contributed by atoms with E-state index in [-0.39, 0.29) is 5.82 Å². The molecule has 0 aliphatic heterocycles. The summed E-state index contributed by atoms with van der Waals surface area (Å²) in [5.74, 6) is 0.993. The number of fused-ring (bicyclic) bond motifs is 1. The SMILES string of the molecule is Fc1ccc(/C=C/c2nc(SCc3cc4ccccc4nc3Cl)n[nH]2)cc1. The fourth-order valence-electron chi connectivity index (χ4n) is 2.53. The van der Waals surface area contributed by atoms with E-state index in [1.807, 2.05) is 36.4 Å². The minimum atomic E-state index is -0.257. The van der Waals surface area contributed by atoms with Gasteiger partial charge in [0.2, 0.25) is 5.16 Å². The standard InChI is InChI=1S/C20H14ClFN4S/c21-19-15(11-14-3-1-2-4-17(14)23-19)12-27-20-24-18(25-26-20)10-7-13-5-8-16(22)9-6-13/h1-11H,12H2,(H,24,25,26)/b10-7+. The molecule has 0 fully saturated rings. The lowest BCUT2D eigenvalue weighted by Crippen LogP contribution is -1.89. The van der Waals surface area contributed by atoms with Crippen molar-refractivity contribution in [2.75, 3.05) is 0 Å². The molecule has 134 valence electrons. The zero-order chi connectivity index (χ0) is 18.6. The molecule has 0 amide bonds. The Hall–Kier alpha value is -2.70. The Morgan fingerprint density at radius 2 is 1.85 bits per heavy atom. The smallest absolute Gasteiger partial charge is 0.209 e. The van der Waals surface area contributed by atoms with Crippen molar-refractivity contribution in [2.45, 2.75) is 10.9 Å². The summed E-state index contributed by atoms with van der Waals surface area (Å²) in [7, 11) is 0. The lowest BCUT2D eigenvalue weighted by molar-refractivity contribution is 0.628. The van der Waals surface area contributed by atoms with E-state index in [0.717, 1.165) is 22.0 Å². The summed E-state index contributed by atoms with van der Waals surface area (Å²) in [6, 6.07) is 16.1. The molecule has 2 aromatic heterocycles. The van der Waals surface area contributed by atoms with Gasteiger partial charge in [0, 0.05) is 16.7 Å². The Labute approximate surface area is 164 Å². The van der Waals surface area contributed by atoms with Crippen LogP contribution in [0.15, 0.2) is 59.8 Å². The number of para-hydroxylation sites is 1. The molecule has 4 rings (SSSR count). The molecule has 0 aliphatic carbocycles. The molecule has 4 nitrogen and oxygen atoms in total. The largest absolute Gasteiger partial charge is 0.259 e. The lowest BCUT2D eigenvalue weighted by atomic mass is 10.2. The number of halogens is 2. The molecule has 2 heterocycles. The van der Waals surface area contributed by atoms with Crippen molar-refractivity contribution < 1.29 is 4.39 Å². The Morgan fingerprint density at radius 1 is 1.04 bits per heavy atom. The minimum absolute atomic E-state index is 0.257. The van der Waals surface area contributed by atoms with Gasteiger partial charge in [-0.1, -0.05) is 59.8 Å². The Bertz CT molecular complexity index is 1110. The summed E-state index contributed by atoms with van der Waals surface area (Å²) in [4.78, 5) is 8.85. The Morgan fingerprint density at radius 3 is 2.70 bits per heavy atom. The first-order valence-corrected chi connectivity index (χ1v) is 9.57. The number of pyridine rings is 1. The number of thioether (sulfide) groups is 1. The van der Waals surface area contributed by atoms with E-state index < -0.39 is 0 Å². The summed E-state index contributed by atoms with van der Waals surface area (Å²) >= 11 is 7.77. The lowest BCUT2D eigenvalue weighted by Gasteiger charge is -2.04. The molecule has 0 radical (unpaired) electrons. The van der Waals surface area contributed by atoms with Crippen molar-refractivity contribution in [1.82, 2.24) is 20.2 Å². The summed E-state index contributed by atoms with van der Waals surface area (Å²) in [6.45, 7) is 0. The third-order valence-electron chi connectivity index (χ3n) is 3.89. The van der Waals surface area contributed by atoms with Gasteiger partial charge in [0.1, 0.15) is 16.8 Å². The normalized spacial score (nSPS) is 11.5. The van der Waals surface area contributed by atoms with Crippen LogP contribution < -0.4 is 0 Å². The molecule has 0 atom stereocenters. The summed E-state index contributed by atoms with van der Waals surface area (Å²) in [5, 5.41) is 9.25. The predicted octanol–water partition coefficient (Wildman–Crippen LogP) is 5.61. The van der Waals surface area contributed by atoms with Crippen LogP contribution in [0.25, 0.3) is 23.1 Å². The van der Waals surface area contributed by atoms with Crippen molar-refractivity contribution >= 4 is 46.4 Å². The molecule has 0 spiro atoms. The molecule has 2 aromatic carbocycles. The molecule has 0 saturated heterocycles. The van der Waals surface area contributed by atoms with Gasteiger partial charge in [0.15, 0.2) is 0 Å². The van der Waals surface area contributed by atoms with Crippen LogP contribution >= 0.6 is 23.4 Å². The molecule has 0 saturated carbocycles. The number of hydrogen-bond donors (Lipinski definition) is 1. The molecule has 0 aliphatic rings. The monoisotopic (exact) mass is 396 g/mol. The first kappa shape index (κ1) is 17.7. The number of H-pyrrole nitrogens is 1. The van der Waals surface area contributed by atoms with E-state index in [1.165, 1.54) is 23.9 Å². The first-order valence-electron chi connectivity index (χ1n) is 8.20. The van der Waals surface area contributed by atoms with Crippen LogP contribution in [0.3, 0.4) is 0 Å². The average Bonchev–Trinajstić information content (AvgIpc) is 3.14. The van der Waals surface area contributed by atoms with E-state index in [1.54, 1.807) is 18.2 Å². The summed E-state index contributed by atoms with van der Waals surface area (Å²) < 4.78 is 12.9. The number of aromatic nitrogens is 4. The van der Waals surface area contributed by atoms with Gasteiger partial charge in [0.05, 0.1) is 5.52 Å². The van der Waals surface area contributed by atoms with Gasteiger partial charge in [-0.15, -0.1) is 5.10 Å². The van der Waals surface area contributed by atoms with Crippen molar-refractivity contribution in [1.29, 1.82) is 0 Å². The molecule has 1 N–H and O–H groups in total. The Kier molecular flexibility index (Phi) is 5.18. The summed E-state index contributed by atoms with van der Waals surface area (Å²) in [5.41, 5.74) is 2.70. The van der Waals surface area contributed by atoms with Gasteiger partial charge in [0.25, 0.3) is 0 Å². The van der Waals surface area contributed by atoms with Crippen molar-refractivity contribution in [3.8, 4) is 0 Å². The zero-order valence-corrected chi connectivity index (χ0v) is 15.6. The fourth-order valence-corrected chi connectivity index (χ4v) is 3.60. The van der Waals surface area contributed by atoms with Crippen LogP contribution in [0.2, 0.25) is 5.15 Å². The second-order valence-electron chi connectivity index (χ2n) is 5.81. The molecular weight excluding hydrogens is 383 g/mol. The highest BCUT2D eigenvalue weighted by atomic mass is 35.5. The van der Waals surface area contributed by atoms with Gasteiger partial charge in [-0.3, -0.25) is 5.10 Å². The van der Waals surface area contributed by atoms with Crippen LogP contribution in [0.4, 0.5) is 4.39 Å². The van der Waals surface area contributed by atoms with Crippen LogP contribution in [0.1, 0.15) is 17.0 Å². The topological polar surface area (TPSA) is 54.5 Å². The van der Waals surface area contributed by atoms with Crippen LogP contribution in [-0.4, -0.2) is 20.2 Å². The van der Waals surface area contributed by atoms with Gasteiger partial charge < -0.3 is 0 Å². The molecule has 27 heavy (non-hydrogen) atoms. The van der Waals surface area contributed by atoms with Gasteiger partial charge in [-0.05, 0) is 35.9 Å². The number of benzene rings is 2. The number of nitrogens with one attached hydrogen (secondary N) is 1. The van der Waals surface area contributed by atoms with Crippen molar-refractivity contribution in [3.63, 3.8) is 0 Å². The van der Waals surface area contributed by atoms with Gasteiger partial charge in [-0.25, -0.2) is 14.4 Å². The first-order chi connectivity index (χ1) is 13.2. The van der Waals surface area contributed by atoms with Gasteiger partial charge in [-0.2, -0.15) is 0 Å². The molecule has 4 aromatic rings. The predicted molar refractivity (Wildman–Crippen MR) is 108 cm³/mol. The molecule has 7 heteroatoms. The maximum absolute atomic E-state index is 12.9. The molecule has 0 unspecified atom stereocenters. The third kappa shape index (κ3) is 4.35. The van der Waals surface area contributed by atoms with Gasteiger partial charge >= 0.3 is 0 Å². The second kappa shape index (κ2) is 7.90. The average molecular weight is 397 g/mol. The second-order valence-corrected chi connectivity index (χ2v) is 7.11. The van der Waals surface area contributed by atoms with Crippen LogP contribution in [0.5, 0.6) is 0 Å². The van der Waals surface area contributed by atoms with Crippen LogP contribution in [-0.2, 0) is 5.75 Å². The number of rotatable bonds is 5. The maximum Gasteiger partial charge on any atom is 0.209 e. The highest BCUT2D eigenvalue weighted by Gasteiger charge is 2.08. The van der Waals surface area contributed by atoms with Crippen molar-refractivity contribution in [3.05, 3.63) is 82.5 Å². The number of aromatic amines is 1. The quantitative estimate of drug-likeness (QED) is 0.352. The van der Waals surface area contributed by atoms with E-state index in [4.69, 9.17) is 11.6 Å². The maximum atomic E-state index is 12.9. The summed E-state index contributed by atoms with van der Waals surface area (Å²) in [6.07, 6.45) is 3.65. The highest BCUT2D eigenvalue weighted by Crippen LogP contribution is 2.26. The molecule has 0 bridgehead atoms. The number of nitrogens with zero attached hydrogens (tertiary/aromatic N) is 3. The third-order valence-corrected chi connectivity index (χ3v) is 5.12. The van der Waals surface area contributed by atoms with E-state index in [9.17, 15) is 4.39 Å². The van der Waals surface area contributed by atoms with E-state index in [2.05, 4.69) is 20.2 Å². The Balaban J connectivity index is 1.44. The minimum Gasteiger partial charge on any atom is -0.259 e. The van der Waals surface area contributed by atoms with E-state index >= 15 is 0 Å². The van der Waals surface area contributed by atoms with Crippen molar-refractivity contribution in [2.24, 2.45) is 0 Å². The molecular formula is C20H14ClFN4S. The zero-order valence-electron chi connectivity index (χ0n) is 14.1. The van der Waals surface area contributed by atoms with Crippen LogP contribution in [0, 0.1) is 5.82 Å². The highest BCUT2D eigenvalue weighted by molar-refractivity contribution is 7.98.